The number of aromatic nitrogens is 2. The molecule has 1 amide bonds. The predicted molar refractivity (Wildman–Crippen MR) is 108 cm³/mol. The van der Waals surface area contributed by atoms with Gasteiger partial charge in [-0.15, -0.1) is 0 Å². The van der Waals surface area contributed by atoms with Crippen molar-refractivity contribution >= 4 is 11.6 Å². The minimum Gasteiger partial charge on any atom is -0.366 e. The fourth-order valence-electron chi connectivity index (χ4n) is 3.67. The van der Waals surface area contributed by atoms with E-state index in [4.69, 9.17) is 0 Å². The molecule has 0 saturated carbocycles. The van der Waals surface area contributed by atoms with Gasteiger partial charge in [0.05, 0.1) is 11.4 Å². The molecule has 150 valence electrons. The number of carbonyl (C=O) groups is 1. The van der Waals surface area contributed by atoms with Gasteiger partial charge in [0.15, 0.2) is 5.69 Å². The van der Waals surface area contributed by atoms with Crippen molar-refractivity contribution in [1.82, 2.24) is 14.7 Å². The van der Waals surface area contributed by atoms with Gasteiger partial charge in [0.25, 0.3) is 5.91 Å². The Morgan fingerprint density at radius 1 is 0.966 bits per heavy atom. The topological polar surface area (TPSA) is 41.4 Å². The van der Waals surface area contributed by atoms with Crippen molar-refractivity contribution < 1.29 is 13.6 Å². The summed E-state index contributed by atoms with van der Waals surface area (Å²) in [6.07, 6.45) is 0. The lowest BCUT2D eigenvalue weighted by atomic mass is 10.1. The number of piperazine rings is 1. The second-order valence-electron chi connectivity index (χ2n) is 7.23. The Morgan fingerprint density at radius 2 is 1.69 bits per heavy atom. The standard InChI is InChI=1S/C22H22F2N4O/c1-15-13-16(7-8-17(15)23)21-14-19(25-26(21)2)22(29)28-11-9-27(10-12-28)20-6-4-3-5-18(20)24/h3-8,13-14H,9-12H2,1-2H3. The van der Waals surface area contributed by atoms with Crippen molar-refractivity contribution in [2.24, 2.45) is 7.05 Å². The fraction of sp³-hybridized carbons (Fsp3) is 0.273. The van der Waals surface area contributed by atoms with E-state index in [1.54, 1.807) is 53.9 Å². The van der Waals surface area contributed by atoms with E-state index in [1.165, 1.54) is 12.1 Å². The normalized spacial score (nSPS) is 14.3. The Morgan fingerprint density at radius 3 is 2.38 bits per heavy atom. The lowest BCUT2D eigenvalue weighted by Gasteiger charge is -2.35. The van der Waals surface area contributed by atoms with E-state index in [9.17, 15) is 13.6 Å². The van der Waals surface area contributed by atoms with Crippen LogP contribution in [0.4, 0.5) is 14.5 Å². The minimum absolute atomic E-state index is 0.154. The van der Waals surface area contributed by atoms with Gasteiger partial charge < -0.3 is 9.80 Å². The van der Waals surface area contributed by atoms with Crippen LogP contribution in [0.1, 0.15) is 16.1 Å². The zero-order valence-corrected chi connectivity index (χ0v) is 16.4. The van der Waals surface area contributed by atoms with Gasteiger partial charge in [-0.25, -0.2) is 8.78 Å². The summed E-state index contributed by atoms with van der Waals surface area (Å²) in [6, 6.07) is 13.2. The van der Waals surface area contributed by atoms with Gasteiger partial charge in [-0.05, 0) is 48.9 Å². The number of para-hydroxylation sites is 1. The third-order valence-electron chi connectivity index (χ3n) is 5.31. The van der Waals surface area contributed by atoms with E-state index >= 15 is 0 Å². The van der Waals surface area contributed by atoms with Crippen LogP contribution in [-0.4, -0.2) is 46.8 Å². The largest absolute Gasteiger partial charge is 0.366 e. The van der Waals surface area contributed by atoms with Crippen LogP contribution in [-0.2, 0) is 7.05 Å². The summed E-state index contributed by atoms with van der Waals surface area (Å²) in [5.41, 5.74) is 3.01. The number of hydrogen-bond donors (Lipinski definition) is 0. The maximum absolute atomic E-state index is 14.0. The molecule has 1 fully saturated rings. The molecule has 0 atom stereocenters. The molecule has 0 radical (unpaired) electrons. The molecule has 1 aromatic heterocycles. The molecule has 0 N–H and O–H groups in total. The smallest absolute Gasteiger partial charge is 0.274 e. The highest BCUT2D eigenvalue weighted by Crippen LogP contribution is 2.24. The average molecular weight is 396 g/mol. The van der Waals surface area contributed by atoms with E-state index < -0.39 is 0 Å². The fourth-order valence-corrected chi connectivity index (χ4v) is 3.67. The number of anilines is 1. The van der Waals surface area contributed by atoms with Crippen LogP contribution in [0.2, 0.25) is 0 Å². The molecule has 5 nitrogen and oxygen atoms in total. The lowest BCUT2D eigenvalue weighted by molar-refractivity contribution is 0.0740. The molecule has 2 heterocycles. The third kappa shape index (κ3) is 3.72. The quantitative estimate of drug-likeness (QED) is 0.679. The molecule has 1 aliphatic rings. The number of benzene rings is 2. The molecule has 1 saturated heterocycles. The first-order valence-electron chi connectivity index (χ1n) is 9.53. The molecule has 3 aromatic rings. The number of amides is 1. The van der Waals surface area contributed by atoms with Gasteiger partial charge in [0.1, 0.15) is 11.6 Å². The molecule has 0 aliphatic carbocycles. The van der Waals surface area contributed by atoms with Crippen LogP contribution >= 0.6 is 0 Å². The Balaban J connectivity index is 1.48. The Labute approximate surface area is 168 Å². The molecule has 0 unspecified atom stereocenters. The summed E-state index contributed by atoms with van der Waals surface area (Å²) in [5, 5.41) is 4.36. The molecular weight excluding hydrogens is 374 g/mol. The summed E-state index contributed by atoms with van der Waals surface area (Å²) in [7, 11) is 1.76. The van der Waals surface area contributed by atoms with Crippen molar-refractivity contribution in [3.05, 3.63) is 71.4 Å². The first-order valence-corrected chi connectivity index (χ1v) is 9.53. The van der Waals surface area contributed by atoms with E-state index in [0.717, 1.165) is 11.3 Å². The zero-order chi connectivity index (χ0) is 20.5. The highest BCUT2D eigenvalue weighted by molar-refractivity contribution is 5.93. The zero-order valence-electron chi connectivity index (χ0n) is 16.4. The average Bonchev–Trinajstić information content (AvgIpc) is 3.12. The first kappa shape index (κ1) is 19.1. The van der Waals surface area contributed by atoms with Gasteiger partial charge in [-0.3, -0.25) is 9.48 Å². The molecule has 4 rings (SSSR count). The summed E-state index contributed by atoms with van der Waals surface area (Å²) in [6.45, 7) is 3.81. The number of aryl methyl sites for hydroxylation is 2. The van der Waals surface area contributed by atoms with Gasteiger partial charge in [-0.2, -0.15) is 5.10 Å². The number of halogens is 2. The third-order valence-corrected chi connectivity index (χ3v) is 5.31. The van der Waals surface area contributed by atoms with Crippen LogP contribution in [0.5, 0.6) is 0 Å². The molecule has 1 aliphatic heterocycles. The first-order chi connectivity index (χ1) is 13.9. The summed E-state index contributed by atoms with van der Waals surface area (Å²) in [5.74, 6) is -0.671. The van der Waals surface area contributed by atoms with E-state index in [1.807, 2.05) is 11.0 Å². The summed E-state index contributed by atoms with van der Waals surface area (Å²) < 4.78 is 29.2. The van der Waals surface area contributed by atoms with Crippen molar-refractivity contribution in [3.63, 3.8) is 0 Å². The number of nitrogens with zero attached hydrogens (tertiary/aromatic N) is 4. The minimum atomic E-state index is -0.264. The van der Waals surface area contributed by atoms with Gasteiger partial charge in [0, 0.05) is 38.8 Å². The number of hydrogen-bond acceptors (Lipinski definition) is 3. The summed E-state index contributed by atoms with van der Waals surface area (Å²) in [4.78, 5) is 16.6. The van der Waals surface area contributed by atoms with Gasteiger partial charge in [-0.1, -0.05) is 12.1 Å². The number of carbonyl (C=O) groups excluding carboxylic acids is 1. The predicted octanol–water partition coefficient (Wildman–Crippen LogP) is 3.64. The maximum atomic E-state index is 14.0. The van der Waals surface area contributed by atoms with Crippen LogP contribution in [0.3, 0.4) is 0 Å². The van der Waals surface area contributed by atoms with Crippen LogP contribution < -0.4 is 4.90 Å². The van der Waals surface area contributed by atoms with Crippen molar-refractivity contribution in [1.29, 1.82) is 0 Å². The van der Waals surface area contributed by atoms with Crippen molar-refractivity contribution in [2.75, 3.05) is 31.1 Å². The molecule has 2 aromatic carbocycles. The highest BCUT2D eigenvalue weighted by atomic mass is 19.1. The second kappa shape index (κ2) is 7.66. The van der Waals surface area contributed by atoms with Crippen molar-refractivity contribution in [2.45, 2.75) is 6.92 Å². The van der Waals surface area contributed by atoms with Crippen LogP contribution in [0.15, 0.2) is 48.5 Å². The lowest BCUT2D eigenvalue weighted by Crippen LogP contribution is -2.49. The molecule has 29 heavy (non-hydrogen) atoms. The molecular formula is C22H22F2N4O. The molecule has 7 heteroatoms. The Bertz CT molecular complexity index is 1050. The van der Waals surface area contributed by atoms with E-state index in [2.05, 4.69) is 5.10 Å². The van der Waals surface area contributed by atoms with Gasteiger partial charge in [0.2, 0.25) is 0 Å². The van der Waals surface area contributed by atoms with E-state index in [-0.39, 0.29) is 17.5 Å². The van der Waals surface area contributed by atoms with Gasteiger partial charge >= 0.3 is 0 Å². The Kier molecular flexibility index (Phi) is 5.05. The van der Waals surface area contributed by atoms with Crippen LogP contribution in [0.25, 0.3) is 11.3 Å². The number of rotatable bonds is 3. The summed E-state index contributed by atoms with van der Waals surface area (Å²) >= 11 is 0. The monoisotopic (exact) mass is 396 g/mol. The van der Waals surface area contributed by atoms with Crippen molar-refractivity contribution in [3.8, 4) is 11.3 Å². The van der Waals surface area contributed by atoms with E-state index in [0.29, 0.717) is 43.1 Å². The Hall–Kier alpha value is -3.22. The van der Waals surface area contributed by atoms with Crippen LogP contribution in [0, 0.1) is 18.6 Å². The molecule has 0 spiro atoms. The second-order valence-corrected chi connectivity index (χ2v) is 7.23. The SMILES string of the molecule is Cc1cc(-c2cc(C(=O)N3CCN(c4ccccc4F)CC3)nn2C)ccc1F. The highest BCUT2D eigenvalue weighted by Gasteiger charge is 2.25. The molecule has 0 bridgehead atoms. The maximum Gasteiger partial charge on any atom is 0.274 e.